The fourth-order valence-electron chi connectivity index (χ4n) is 2.96. The minimum Gasteiger partial charge on any atom is -0.312 e. The molecular weight excluding hydrogens is 260 g/mol. The van der Waals surface area contributed by atoms with Crippen LogP contribution in [-0.4, -0.2) is 25.0 Å². The fourth-order valence-corrected chi connectivity index (χ4v) is 2.96. The highest BCUT2D eigenvalue weighted by Gasteiger charge is 2.30. The van der Waals surface area contributed by atoms with Gasteiger partial charge in [0, 0.05) is 24.7 Å². The summed E-state index contributed by atoms with van der Waals surface area (Å²) in [6.07, 6.45) is 2.60. The third kappa shape index (κ3) is 3.85. The van der Waals surface area contributed by atoms with Gasteiger partial charge in [0.2, 0.25) is 5.91 Å². The molecule has 1 aromatic carbocycles. The second kappa shape index (κ2) is 6.61. The second-order valence-corrected chi connectivity index (χ2v) is 6.96. The molecule has 3 nitrogen and oxygen atoms in total. The molecule has 0 bridgehead atoms. The molecule has 0 saturated heterocycles. The molecule has 0 fully saturated rings. The van der Waals surface area contributed by atoms with Gasteiger partial charge in [0.05, 0.1) is 0 Å². The Morgan fingerprint density at radius 3 is 2.62 bits per heavy atom. The maximum absolute atomic E-state index is 12.5. The van der Waals surface area contributed by atoms with Crippen LogP contribution in [0.25, 0.3) is 0 Å². The summed E-state index contributed by atoms with van der Waals surface area (Å²) >= 11 is 0. The number of aryl methyl sites for hydroxylation is 1. The minimum atomic E-state index is 0.123. The fraction of sp³-hybridized carbons (Fsp3) is 0.611. The number of nitrogens with zero attached hydrogens (tertiary/aromatic N) is 1. The van der Waals surface area contributed by atoms with Crippen LogP contribution in [0, 0.1) is 5.41 Å². The number of fused-ring (bicyclic) bond motifs is 1. The van der Waals surface area contributed by atoms with E-state index in [2.05, 4.69) is 51.2 Å². The van der Waals surface area contributed by atoms with Crippen LogP contribution in [0.5, 0.6) is 0 Å². The van der Waals surface area contributed by atoms with Crippen LogP contribution >= 0.6 is 0 Å². The zero-order valence-electron chi connectivity index (χ0n) is 13.8. The Balaban J connectivity index is 2.29. The lowest BCUT2D eigenvalue weighted by atomic mass is 9.86. The summed E-state index contributed by atoms with van der Waals surface area (Å²) < 4.78 is 0. The van der Waals surface area contributed by atoms with Gasteiger partial charge >= 0.3 is 0 Å². The normalized spacial score (nSPS) is 17.3. The van der Waals surface area contributed by atoms with Gasteiger partial charge in [0.15, 0.2) is 0 Å². The van der Waals surface area contributed by atoms with E-state index >= 15 is 0 Å². The van der Waals surface area contributed by atoms with E-state index in [4.69, 9.17) is 0 Å². The van der Waals surface area contributed by atoms with Crippen LogP contribution in [0.1, 0.15) is 46.1 Å². The molecule has 0 radical (unpaired) electrons. The van der Waals surface area contributed by atoms with Gasteiger partial charge in [-0.1, -0.05) is 45.9 Å². The average molecular weight is 288 g/mol. The Bertz CT molecular complexity index is 490. The smallest absolute Gasteiger partial charge is 0.227 e. The van der Waals surface area contributed by atoms with Crippen molar-refractivity contribution in [3.05, 3.63) is 29.8 Å². The molecule has 3 heteroatoms. The molecule has 0 saturated carbocycles. The Morgan fingerprint density at radius 2 is 1.95 bits per heavy atom. The maximum Gasteiger partial charge on any atom is 0.227 e. The Kier molecular flexibility index (Phi) is 5.04. The summed E-state index contributed by atoms with van der Waals surface area (Å²) in [5.41, 5.74) is 2.53. The van der Waals surface area contributed by atoms with E-state index in [1.54, 1.807) is 0 Å². The van der Waals surface area contributed by atoms with Crippen molar-refractivity contribution >= 4 is 11.6 Å². The molecule has 1 unspecified atom stereocenters. The minimum absolute atomic E-state index is 0.123. The first kappa shape index (κ1) is 16.0. The molecule has 21 heavy (non-hydrogen) atoms. The number of carbonyl (C=O) groups is 1. The van der Waals surface area contributed by atoms with E-state index in [1.807, 2.05) is 11.0 Å². The lowest BCUT2D eigenvalue weighted by Crippen LogP contribution is -2.50. The van der Waals surface area contributed by atoms with Gasteiger partial charge in [-0.2, -0.15) is 0 Å². The molecule has 1 heterocycles. The third-order valence-electron chi connectivity index (χ3n) is 4.28. The molecule has 1 N–H and O–H groups in total. The third-order valence-corrected chi connectivity index (χ3v) is 4.28. The molecule has 1 amide bonds. The highest BCUT2D eigenvalue weighted by atomic mass is 16.2. The molecule has 1 aromatic rings. The lowest BCUT2D eigenvalue weighted by Gasteiger charge is -2.36. The number of hydrogen-bond acceptors (Lipinski definition) is 2. The van der Waals surface area contributed by atoms with E-state index in [1.165, 1.54) is 5.56 Å². The quantitative estimate of drug-likeness (QED) is 0.921. The number of para-hydroxylation sites is 1. The predicted octanol–water partition coefficient (Wildman–Crippen LogP) is 3.38. The first-order valence-corrected chi connectivity index (χ1v) is 8.05. The van der Waals surface area contributed by atoms with Crippen LogP contribution in [-0.2, 0) is 11.2 Å². The van der Waals surface area contributed by atoms with E-state index < -0.39 is 0 Å². The van der Waals surface area contributed by atoms with Crippen molar-refractivity contribution in [1.82, 2.24) is 5.32 Å². The predicted molar refractivity (Wildman–Crippen MR) is 88.7 cm³/mol. The van der Waals surface area contributed by atoms with Crippen molar-refractivity contribution < 1.29 is 4.79 Å². The molecule has 2 rings (SSSR count). The van der Waals surface area contributed by atoms with Gasteiger partial charge in [-0.25, -0.2) is 0 Å². The van der Waals surface area contributed by atoms with Crippen molar-refractivity contribution in [3.8, 4) is 0 Å². The van der Waals surface area contributed by atoms with Crippen LogP contribution < -0.4 is 10.2 Å². The molecule has 0 aliphatic carbocycles. The Morgan fingerprint density at radius 1 is 1.24 bits per heavy atom. The topological polar surface area (TPSA) is 32.3 Å². The van der Waals surface area contributed by atoms with Gasteiger partial charge in [0.1, 0.15) is 0 Å². The highest BCUT2D eigenvalue weighted by molar-refractivity contribution is 5.94. The molecule has 1 atom stereocenters. The summed E-state index contributed by atoms with van der Waals surface area (Å²) in [6.45, 7) is 10.5. The van der Waals surface area contributed by atoms with E-state index in [-0.39, 0.29) is 17.4 Å². The van der Waals surface area contributed by atoms with Crippen molar-refractivity contribution in [2.75, 3.05) is 18.0 Å². The van der Waals surface area contributed by atoms with Crippen LogP contribution in [0.2, 0.25) is 0 Å². The number of hydrogen-bond donors (Lipinski definition) is 1. The lowest BCUT2D eigenvalue weighted by molar-refractivity contribution is -0.118. The van der Waals surface area contributed by atoms with Crippen LogP contribution in [0.4, 0.5) is 5.69 Å². The van der Waals surface area contributed by atoms with Gasteiger partial charge < -0.3 is 10.2 Å². The molecular formula is C18H28N2O. The zero-order valence-corrected chi connectivity index (χ0v) is 13.8. The van der Waals surface area contributed by atoms with Crippen LogP contribution in [0.15, 0.2) is 24.3 Å². The van der Waals surface area contributed by atoms with Gasteiger partial charge in [-0.05, 0) is 36.4 Å². The zero-order chi connectivity index (χ0) is 15.5. The largest absolute Gasteiger partial charge is 0.312 e. The first-order valence-electron chi connectivity index (χ1n) is 8.05. The van der Waals surface area contributed by atoms with Gasteiger partial charge in [-0.3, -0.25) is 4.79 Å². The summed E-state index contributed by atoms with van der Waals surface area (Å²) in [5.74, 6) is 0.257. The second-order valence-electron chi connectivity index (χ2n) is 6.96. The number of likely N-dealkylation sites (N-methyl/N-ethyl adjacent to an activating group) is 1. The Labute approximate surface area is 128 Å². The maximum atomic E-state index is 12.5. The molecule has 1 aliphatic heterocycles. The summed E-state index contributed by atoms with van der Waals surface area (Å²) in [7, 11) is 0. The van der Waals surface area contributed by atoms with Crippen molar-refractivity contribution in [3.63, 3.8) is 0 Å². The van der Waals surface area contributed by atoms with E-state index in [9.17, 15) is 4.79 Å². The van der Waals surface area contributed by atoms with Crippen molar-refractivity contribution in [2.24, 2.45) is 5.41 Å². The summed E-state index contributed by atoms with van der Waals surface area (Å²) in [5, 5.41) is 3.55. The molecule has 1 aliphatic rings. The summed E-state index contributed by atoms with van der Waals surface area (Å²) in [6, 6.07) is 8.63. The Hall–Kier alpha value is -1.35. The molecule has 116 valence electrons. The first-order chi connectivity index (χ1) is 9.93. The van der Waals surface area contributed by atoms with E-state index in [0.717, 1.165) is 31.6 Å². The van der Waals surface area contributed by atoms with Crippen LogP contribution in [0.3, 0.4) is 0 Å². The van der Waals surface area contributed by atoms with Crippen molar-refractivity contribution in [1.29, 1.82) is 0 Å². The van der Waals surface area contributed by atoms with E-state index in [0.29, 0.717) is 6.42 Å². The average Bonchev–Trinajstić information content (AvgIpc) is 2.57. The number of benzene rings is 1. The summed E-state index contributed by atoms with van der Waals surface area (Å²) in [4.78, 5) is 14.5. The number of carbonyl (C=O) groups excluding carboxylic acids is 1. The highest BCUT2D eigenvalue weighted by Crippen LogP contribution is 2.29. The SMILES string of the molecule is CCNC(CN1C(=O)CCCc2ccccc21)C(C)(C)C. The monoisotopic (exact) mass is 288 g/mol. The van der Waals surface area contributed by atoms with Crippen molar-refractivity contribution in [2.45, 2.75) is 53.0 Å². The number of nitrogens with one attached hydrogen (secondary N) is 1. The van der Waals surface area contributed by atoms with Gasteiger partial charge in [-0.15, -0.1) is 0 Å². The number of anilines is 1. The molecule has 0 aromatic heterocycles. The number of amides is 1. The molecule has 0 spiro atoms. The van der Waals surface area contributed by atoms with Gasteiger partial charge in [0.25, 0.3) is 0 Å². The standard InChI is InChI=1S/C18H28N2O/c1-5-19-16(18(2,3)4)13-20-15-11-7-6-9-14(15)10-8-12-17(20)21/h6-7,9,11,16,19H,5,8,10,12-13H2,1-4H3. The number of rotatable bonds is 4.